The van der Waals surface area contributed by atoms with E-state index in [1.807, 2.05) is 0 Å². The number of rotatable bonds is 4. The topological polar surface area (TPSA) is 94.4 Å². The number of halogens is 1. The second-order valence-corrected chi connectivity index (χ2v) is 5.87. The SMILES string of the molecule is Cc1nc(Cl)c([N+](=O)[O-])cc1C=CCNC(=O)OC(C)(C)C. The largest absolute Gasteiger partial charge is 0.444 e. The van der Waals surface area contributed by atoms with E-state index < -0.39 is 16.6 Å². The van der Waals surface area contributed by atoms with Gasteiger partial charge < -0.3 is 10.1 Å². The Bertz CT molecular complexity index is 609. The number of nitrogens with one attached hydrogen (secondary N) is 1. The molecule has 0 fully saturated rings. The van der Waals surface area contributed by atoms with Crippen molar-refractivity contribution >= 4 is 29.5 Å². The van der Waals surface area contributed by atoms with Crippen molar-refractivity contribution < 1.29 is 14.5 Å². The Hall–Kier alpha value is -2.15. The molecule has 1 rings (SSSR count). The Kier molecular flexibility index (Phi) is 5.87. The number of amides is 1. The van der Waals surface area contributed by atoms with Crippen LogP contribution in [0.4, 0.5) is 10.5 Å². The molecule has 0 aliphatic rings. The number of nitro groups is 1. The van der Waals surface area contributed by atoms with E-state index in [9.17, 15) is 14.9 Å². The van der Waals surface area contributed by atoms with Crippen molar-refractivity contribution in [2.75, 3.05) is 6.54 Å². The molecule has 0 spiro atoms. The second-order valence-electron chi connectivity index (χ2n) is 5.52. The van der Waals surface area contributed by atoms with Gasteiger partial charge >= 0.3 is 11.8 Å². The molecule has 22 heavy (non-hydrogen) atoms. The van der Waals surface area contributed by atoms with Crippen molar-refractivity contribution in [2.24, 2.45) is 0 Å². The Morgan fingerprint density at radius 1 is 1.55 bits per heavy atom. The van der Waals surface area contributed by atoms with E-state index in [-0.39, 0.29) is 17.4 Å². The van der Waals surface area contributed by atoms with Gasteiger partial charge in [-0.2, -0.15) is 0 Å². The highest BCUT2D eigenvalue weighted by Crippen LogP contribution is 2.25. The number of hydrogen-bond donors (Lipinski definition) is 1. The molecular formula is C14H18ClN3O4. The lowest BCUT2D eigenvalue weighted by atomic mass is 10.2. The van der Waals surface area contributed by atoms with Crippen LogP contribution in [0.5, 0.6) is 0 Å². The quantitative estimate of drug-likeness (QED) is 0.519. The van der Waals surface area contributed by atoms with Crippen molar-refractivity contribution in [3.8, 4) is 0 Å². The average molecular weight is 328 g/mol. The van der Waals surface area contributed by atoms with Crippen LogP contribution >= 0.6 is 11.6 Å². The number of alkyl carbamates (subject to hydrolysis) is 1. The molecule has 0 aromatic carbocycles. The standard InChI is InChI=1S/C14H18ClN3O4/c1-9-10(8-11(18(20)21)12(15)17-9)6-5-7-16-13(19)22-14(2,3)4/h5-6,8H,7H2,1-4H3,(H,16,19). The number of aryl methyl sites for hydroxylation is 1. The highest BCUT2D eigenvalue weighted by Gasteiger charge is 2.16. The van der Waals surface area contributed by atoms with Crippen LogP contribution in [-0.2, 0) is 4.74 Å². The predicted octanol–water partition coefficient (Wildman–Crippen LogP) is 3.49. The number of carbonyl (C=O) groups is 1. The fourth-order valence-corrected chi connectivity index (χ4v) is 1.77. The summed E-state index contributed by atoms with van der Waals surface area (Å²) in [7, 11) is 0. The molecule has 1 aromatic rings. The zero-order valence-corrected chi connectivity index (χ0v) is 13.6. The number of carbonyl (C=O) groups excluding carboxylic acids is 1. The van der Waals surface area contributed by atoms with Crippen LogP contribution in [0.2, 0.25) is 5.15 Å². The van der Waals surface area contributed by atoms with Gasteiger partial charge in [0.1, 0.15) is 5.60 Å². The van der Waals surface area contributed by atoms with Crippen molar-refractivity contribution in [3.63, 3.8) is 0 Å². The third-order valence-electron chi connectivity index (χ3n) is 2.44. The van der Waals surface area contributed by atoms with Gasteiger partial charge in [0.15, 0.2) is 0 Å². The first-order valence-electron chi connectivity index (χ1n) is 6.55. The number of nitrogens with zero attached hydrogens (tertiary/aromatic N) is 2. The van der Waals surface area contributed by atoms with Gasteiger partial charge in [0.05, 0.1) is 4.92 Å². The predicted molar refractivity (Wildman–Crippen MR) is 83.9 cm³/mol. The fourth-order valence-electron chi connectivity index (χ4n) is 1.52. The summed E-state index contributed by atoms with van der Waals surface area (Å²) in [6, 6.07) is 1.34. The highest BCUT2D eigenvalue weighted by molar-refractivity contribution is 6.31. The molecule has 0 radical (unpaired) electrons. The normalized spacial score (nSPS) is 11.5. The lowest BCUT2D eigenvalue weighted by Crippen LogP contribution is -2.32. The first kappa shape index (κ1) is 17.9. The number of aromatic nitrogens is 1. The highest BCUT2D eigenvalue weighted by atomic mass is 35.5. The maximum Gasteiger partial charge on any atom is 0.407 e. The summed E-state index contributed by atoms with van der Waals surface area (Å²) in [5, 5.41) is 13.2. The van der Waals surface area contributed by atoms with E-state index in [0.717, 1.165) is 0 Å². The molecule has 0 saturated carbocycles. The fraction of sp³-hybridized carbons (Fsp3) is 0.429. The molecule has 1 heterocycles. The Labute approximate surface area is 133 Å². The Balaban J connectivity index is 2.69. The number of pyridine rings is 1. The van der Waals surface area contributed by atoms with Gasteiger partial charge in [0, 0.05) is 23.9 Å². The van der Waals surface area contributed by atoms with E-state index in [0.29, 0.717) is 11.3 Å². The molecule has 0 unspecified atom stereocenters. The van der Waals surface area contributed by atoms with Gasteiger partial charge in [0.2, 0.25) is 5.15 Å². The zero-order valence-electron chi connectivity index (χ0n) is 12.8. The van der Waals surface area contributed by atoms with Gasteiger partial charge in [-0.25, -0.2) is 9.78 Å². The van der Waals surface area contributed by atoms with Crippen LogP contribution in [0.15, 0.2) is 12.1 Å². The first-order valence-corrected chi connectivity index (χ1v) is 6.93. The molecule has 0 aliphatic carbocycles. The third-order valence-corrected chi connectivity index (χ3v) is 2.72. The molecule has 1 N–H and O–H groups in total. The van der Waals surface area contributed by atoms with Crippen LogP contribution in [0.25, 0.3) is 6.08 Å². The van der Waals surface area contributed by atoms with E-state index in [2.05, 4.69) is 10.3 Å². The van der Waals surface area contributed by atoms with Crippen molar-refractivity contribution in [3.05, 3.63) is 38.7 Å². The third kappa shape index (κ3) is 5.69. The molecule has 0 bridgehead atoms. The molecule has 8 heteroatoms. The van der Waals surface area contributed by atoms with E-state index in [1.165, 1.54) is 6.07 Å². The van der Waals surface area contributed by atoms with Gasteiger partial charge in [0.25, 0.3) is 0 Å². The minimum absolute atomic E-state index is 0.147. The smallest absolute Gasteiger partial charge is 0.407 e. The van der Waals surface area contributed by atoms with Crippen LogP contribution < -0.4 is 5.32 Å². The molecule has 0 aliphatic heterocycles. The first-order chi connectivity index (χ1) is 10.1. The summed E-state index contributed by atoms with van der Waals surface area (Å²) >= 11 is 5.71. The molecule has 1 amide bonds. The summed E-state index contributed by atoms with van der Waals surface area (Å²) < 4.78 is 5.08. The molecule has 120 valence electrons. The Morgan fingerprint density at radius 2 is 2.18 bits per heavy atom. The van der Waals surface area contributed by atoms with Gasteiger partial charge in [-0.15, -0.1) is 0 Å². The van der Waals surface area contributed by atoms with E-state index in [1.54, 1.807) is 39.8 Å². The Morgan fingerprint density at radius 3 is 2.73 bits per heavy atom. The lowest BCUT2D eigenvalue weighted by molar-refractivity contribution is -0.385. The van der Waals surface area contributed by atoms with Gasteiger partial charge in [-0.05, 0) is 27.7 Å². The number of ether oxygens (including phenoxy) is 1. The maximum atomic E-state index is 11.4. The summed E-state index contributed by atoms with van der Waals surface area (Å²) in [5.41, 5.74) is 0.295. The van der Waals surface area contributed by atoms with Crippen LogP contribution in [0.1, 0.15) is 32.0 Å². The number of hydrogen-bond acceptors (Lipinski definition) is 5. The van der Waals surface area contributed by atoms with Crippen LogP contribution in [0.3, 0.4) is 0 Å². The maximum absolute atomic E-state index is 11.4. The molecule has 0 saturated heterocycles. The van der Waals surface area contributed by atoms with E-state index >= 15 is 0 Å². The monoisotopic (exact) mass is 327 g/mol. The van der Waals surface area contributed by atoms with Crippen molar-refractivity contribution in [2.45, 2.75) is 33.3 Å². The lowest BCUT2D eigenvalue weighted by Gasteiger charge is -2.19. The minimum atomic E-state index is -0.592. The molecule has 0 atom stereocenters. The molecule has 1 aromatic heterocycles. The van der Waals surface area contributed by atoms with Crippen molar-refractivity contribution in [1.82, 2.24) is 10.3 Å². The van der Waals surface area contributed by atoms with Crippen LogP contribution in [0, 0.1) is 17.0 Å². The minimum Gasteiger partial charge on any atom is -0.444 e. The zero-order chi connectivity index (χ0) is 16.9. The van der Waals surface area contributed by atoms with E-state index in [4.69, 9.17) is 16.3 Å². The molecular weight excluding hydrogens is 310 g/mol. The van der Waals surface area contributed by atoms with Gasteiger partial charge in [-0.3, -0.25) is 10.1 Å². The van der Waals surface area contributed by atoms with Gasteiger partial charge in [-0.1, -0.05) is 23.8 Å². The summed E-state index contributed by atoms with van der Waals surface area (Å²) in [6.45, 7) is 7.22. The molecule has 7 nitrogen and oxygen atoms in total. The second kappa shape index (κ2) is 7.22. The van der Waals surface area contributed by atoms with Crippen LogP contribution in [-0.4, -0.2) is 28.1 Å². The van der Waals surface area contributed by atoms with Crippen molar-refractivity contribution in [1.29, 1.82) is 0 Å². The summed E-state index contributed by atoms with van der Waals surface area (Å²) in [6.07, 6.45) is 2.74. The average Bonchev–Trinajstić information content (AvgIpc) is 2.33. The summed E-state index contributed by atoms with van der Waals surface area (Å²) in [5.74, 6) is 0. The summed E-state index contributed by atoms with van der Waals surface area (Å²) in [4.78, 5) is 25.6.